The number of hydrogen-bond donors (Lipinski definition) is 1. The Kier molecular flexibility index (Phi) is 6.25. The number of piperidine rings is 2. The number of aromatic nitrogens is 1. The maximum atomic E-state index is 13.1. The molecule has 1 unspecified atom stereocenters. The largest absolute Gasteiger partial charge is 0.449 e. The quantitative estimate of drug-likeness (QED) is 0.556. The van der Waals surface area contributed by atoms with Crippen molar-refractivity contribution in [3.8, 4) is 0 Å². The van der Waals surface area contributed by atoms with Gasteiger partial charge in [-0.1, -0.05) is 18.6 Å². The van der Waals surface area contributed by atoms with Crippen LogP contribution in [-0.4, -0.2) is 59.3 Å². The summed E-state index contributed by atoms with van der Waals surface area (Å²) in [7, 11) is 0. The van der Waals surface area contributed by atoms with Crippen LogP contribution >= 0.6 is 0 Å². The highest BCUT2D eigenvalue weighted by molar-refractivity contribution is 5.96. The van der Waals surface area contributed by atoms with Crippen LogP contribution in [0.1, 0.15) is 65.0 Å². The van der Waals surface area contributed by atoms with Crippen molar-refractivity contribution in [3.05, 3.63) is 65.7 Å². The van der Waals surface area contributed by atoms with Gasteiger partial charge in [0.1, 0.15) is 0 Å². The van der Waals surface area contributed by atoms with Crippen molar-refractivity contribution >= 4 is 22.8 Å². The van der Waals surface area contributed by atoms with Crippen molar-refractivity contribution in [1.29, 1.82) is 0 Å². The molecule has 1 aromatic carbocycles. The van der Waals surface area contributed by atoms with Gasteiger partial charge in [0.15, 0.2) is 11.3 Å². The molecule has 1 spiro atoms. The molecule has 0 radical (unpaired) electrons. The number of carbonyl (C=O) groups is 2. The highest BCUT2D eigenvalue weighted by atomic mass is 16.3. The molecule has 2 amide bonds. The van der Waals surface area contributed by atoms with Gasteiger partial charge in [0, 0.05) is 43.3 Å². The molecule has 1 aliphatic carbocycles. The van der Waals surface area contributed by atoms with E-state index in [1.54, 1.807) is 18.5 Å². The van der Waals surface area contributed by atoms with Crippen LogP contribution in [0.2, 0.25) is 0 Å². The molecule has 1 N–H and O–H groups in total. The lowest BCUT2D eigenvalue weighted by Crippen LogP contribution is -2.40. The van der Waals surface area contributed by atoms with Gasteiger partial charge in [0.2, 0.25) is 0 Å². The van der Waals surface area contributed by atoms with Crippen LogP contribution in [-0.2, 0) is 6.54 Å². The van der Waals surface area contributed by atoms with E-state index in [0.717, 1.165) is 49.8 Å². The van der Waals surface area contributed by atoms with Crippen LogP contribution in [0.4, 0.5) is 0 Å². The Morgan fingerprint density at radius 3 is 2.56 bits per heavy atom. The van der Waals surface area contributed by atoms with Crippen molar-refractivity contribution in [2.24, 2.45) is 11.3 Å². The third kappa shape index (κ3) is 4.76. The predicted molar refractivity (Wildman–Crippen MR) is 138 cm³/mol. The fourth-order valence-electron chi connectivity index (χ4n) is 6.10. The summed E-state index contributed by atoms with van der Waals surface area (Å²) in [5.41, 5.74) is 2.96. The Bertz CT molecular complexity index is 1200. The number of carbonyl (C=O) groups excluding carboxylic acids is 2. The molecule has 2 saturated heterocycles. The van der Waals surface area contributed by atoms with Gasteiger partial charge in [0.25, 0.3) is 11.8 Å². The van der Waals surface area contributed by atoms with Gasteiger partial charge >= 0.3 is 0 Å². The number of nitrogens with zero attached hydrogens (tertiary/aromatic N) is 3. The van der Waals surface area contributed by atoms with Crippen molar-refractivity contribution in [2.45, 2.75) is 45.1 Å². The third-order valence-corrected chi connectivity index (χ3v) is 8.52. The molecular weight excluding hydrogens is 452 g/mol. The summed E-state index contributed by atoms with van der Waals surface area (Å²) >= 11 is 0. The summed E-state index contributed by atoms with van der Waals surface area (Å²) in [5, 5.41) is 3.93. The van der Waals surface area contributed by atoms with Gasteiger partial charge < -0.3 is 14.6 Å². The van der Waals surface area contributed by atoms with Crippen LogP contribution in [0.15, 0.2) is 53.2 Å². The lowest BCUT2D eigenvalue weighted by atomic mass is 9.90. The first kappa shape index (κ1) is 23.2. The van der Waals surface area contributed by atoms with Gasteiger partial charge in [-0.3, -0.25) is 19.5 Å². The highest BCUT2D eigenvalue weighted by Gasteiger charge is 2.54. The number of amides is 2. The number of benzene rings is 1. The van der Waals surface area contributed by atoms with Crippen LogP contribution < -0.4 is 5.32 Å². The molecule has 3 fully saturated rings. The zero-order valence-corrected chi connectivity index (χ0v) is 20.7. The SMILES string of the molecule is O=C(NCC1CC12CCN(C(=O)c1ccc(CN3CCCCC3)cc1)CC2)c1cc2ccncc2o1. The second kappa shape index (κ2) is 9.69. The van der Waals surface area contributed by atoms with Gasteiger partial charge in [-0.15, -0.1) is 0 Å². The fraction of sp³-hybridized carbons (Fsp3) is 0.483. The van der Waals surface area contributed by atoms with E-state index in [1.165, 1.54) is 37.9 Å². The first-order chi connectivity index (χ1) is 17.6. The van der Waals surface area contributed by atoms with Crippen molar-refractivity contribution in [1.82, 2.24) is 20.1 Å². The molecule has 6 rings (SSSR count). The summed E-state index contributed by atoms with van der Waals surface area (Å²) in [5.74, 6) is 0.762. The summed E-state index contributed by atoms with van der Waals surface area (Å²) in [4.78, 5) is 34.2. The van der Waals surface area contributed by atoms with Crippen LogP contribution in [0.25, 0.3) is 11.0 Å². The zero-order valence-electron chi connectivity index (χ0n) is 20.7. The topological polar surface area (TPSA) is 78.7 Å². The Balaban J connectivity index is 0.972. The minimum atomic E-state index is -0.176. The summed E-state index contributed by atoms with van der Waals surface area (Å²) < 4.78 is 5.63. The average Bonchev–Trinajstić information content (AvgIpc) is 3.39. The Hall–Kier alpha value is -3.19. The van der Waals surface area contributed by atoms with E-state index in [9.17, 15) is 9.59 Å². The van der Waals surface area contributed by atoms with Crippen LogP contribution in [0.5, 0.6) is 0 Å². The van der Waals surface area contributed by atoms with Crippen molar-refractivity contribution in [3.63, 3.8) is 0 Å². The number of rotatable bonds is 6. The Morgan fingerprint density at radius 1 is 1.03 bits per heavy atom. The molecule has 7 heteroatoms. The highest BCUT2D eigenvalue weighted by Crippen LogP contribution is 2.59. The molecule has 0 bridgehead atoms. The summed E-state index contributed by atoms with van der Waals surface area (Å²) in [6, 6.07) is 11.8. The molecule has 3 aliphatic rings. The summed E-state index contributed by atoms with van der Waals surface area (Å²) in [6.07, 6.45) is 10.4. The van der Waals surface area contributed by atoms with E-state index in [0.29, 0.717) is 23.8 Å². The average molecular weight is 487 g/mol. The van der Waals surface area contributed by atoms with Gasteiger partial charge in [-0.2, -0.15) is 0 Å². The minimum absolute atomic E-state index is 0.138. The molecule has 1 atom stereocenters. The number of nitrogens with one attached hydrogen (secondary N) is 1. The predicted octanol–water partition coefficient (Wildman–Crippen LogP) is 4.49. The number of pyridine rings is 1. The van der Waals surface area contributed by atoms with Gasteiger partial charge in [-0.05, 0) is 86.4 Å². The minimum Gasteiger partial charge on any atom is -0.449 e. The van der Waals surface area contributed by atoms with Gasteiger partial charge in [0.05, 0.1) is 6.20 Å². The Morgan fingerprint density at radius 2 is 1.81 bits per heavy atom. The lowest BCUT2D eigenvalue weighted by Gasteiger charge is -2.33. The molecule has 188 valence electrons. The molecule has 2 aromatic heterocycles. The monoisotopic (exact) mass is 486 g/mol. The Labute approximate surface area is 211 Å². The second-order valence-electron chi connectivity index (χ2n) is 10.8. The van der Waals surface area contributed by atoms with Gasteiger partial charge in [-0.25, -0.2) is 0 Å². The van der Waals surface area contributed by atoms with Crippen molar-refractivity contribution in [2.75, 3.05) is 32.7 Å². The first-order valence-corrected chi connectivity index (χ1v) is 13.3. The van der Waals surface area contributed by atoms with E-state index >= 15 is 0 Å². The molecule has 7 nitrogen and oxygen atoms in total. The fourth-order valence-corrected chi connectivity index (χ4v) is 6.10. The number of furan rings is 1. The number of fused-ring (bicyclic) bond motifs is 1. The van der Waals surface area contributed by atoms with Crippen molar-refractivity contribution < 1.29 is 14.0 Å². The molecular formula is C29H34N4O3. The standard InChI is InChI=1S/C29H34N4O3/c34-27(25-16-23-8-11-30-19-26(23)36-25)31-18-24-17-29(24)9-14-33(15-10-29)28(35)22-6-4-21(5-7-22)20-32-12-2-1-3-13-32/h4-8,11,16,19,24H,1-3,9-10,12-15,17-18,20H2,(H,31,34). The molecule has 1 saturated carbocycles. The summed E-state index contributed by atoms with van der Waals surface area (Å²) in [6.45, 7) is 5.56. The molecule has 2 aliphatic heterocycles. The van der Waals surface area contributed by atoms with E-state index < -0.39 is 0 Å². The van der Waals surface area contributed by atoms with Crippen LogP contribution in [0.3, 0.4) is 0 Å². The van der Waals surface area contributed by atoms with E-state index in [1.807, 2.05) is 23.1 Å². The smallest absolute Gasteiger partial charge is 0.287 e. The maximum Gasteiger partial charge on any atom is 0.287 e. The van der Waals surface area contributed by atoms with Crippen LogP contribution in [0, 0.1) is 11.3 Å². The molecule has 4 heterocycles. The zero-order chi connectivity index (χ0) is 24.5. The third-order valence-electron chi connectivity index (χ3n) is 8.52. The van der Waals surface area contributed by atoms with E-state index in [4.69, 9.17) is 4.42 Å². The molecule has 3 aromatic rings. The normalized spacial score (nSPS) is 21.6. The van der Waals surface area contributed by atoms with E-state index in [-0.39, 0.29) is 17.2 Å². The maximum absolute atomic E-state index is 13.1. The second-order valence-corrected chi connectivity index (χ2v) is 10.8. The first-order valence-electron chi connectivity index (χ1n) is 13.3. The molecule has 36 heavy (non-hydrogen) atoms. The number of hydrogen-bond acceptors (Lipinski definition) is 5. The number of likely N-dealkylation sites (tertiary alicyclic amines) is 2. The lowest BCUT2D eigenvalue weighted by molar-refractivity contribution is 0.0668. The van der Waals surface area contributed by atoms with E-state index in [2.05, 4.69) is 27.3 Å².